The van der Waals surface area contributed by atoms with Gasteiger partial charge in [-0.05, 0) is 68.3 Å². The highest BCUT2D eigenvalue weighted by Crippen LogP contribution is 2.31. The third-order valence-electron chi connectivity index (χ3n) is 5.30. The van der Waals surface area contributed by atoms with E-state index in [0.717, 1.165) is 10.9 Å². The van der Waals surface area contributed by atoms with Gasteiger partial charge in [-0.25, -0.2) is 9.78 Å². The van der Waals surface area contributed by atoms with Gasteiger partial charge in [0.15, 0.2) is 6.29 Å². The first-order chi connectivity index (χ1) is 15.7. The van der Waals surface area contributed by atoms with Crippen molar-refractivity contribution in [3.63, 3.8) is 0 Å². The predicted molar refractivity (Wildman–Crippen MR) is 124 cm³/mol. The first-order valence-corrected chi connectivity index (χ1v) is 10.9. The Kier molecular flexibility index (Phi) is 6.24. The summed E-state index contributed by atoms with van der Waals surface area (Å²) in [5, 5.41) is 0.723. The number of hydrogen-bond acceptors (Lipinski definition) is 6. The molecule has 2 heterocycles. The quantitative estimate of drug-likeness (QED) is 0.442. The van der Waals surface area contributed by atoms with E-state index >= 15 is 0 Å². The maximum Gasteiger partial charge on any atom is 0.338 e. The van der Waals surface area contributed by atoms with Gasteiger partial charge in [0.05, 0.1) is 24.3 Å². The van der Waals surface area contributed by atoms with Crippen molar-refractivity contribution in [2.45, 2.75) is 26.4 Å². The second-order valence-electron chi connectivity index (χ2n) is 8.93. The SMILES string of the molecule is CC(C)(C)OC(=O)c1cccc(-c2cc(C=O)nc3ccc(C(=O)N4CCOCC4)cc23)c1. The van der Waals surface area contributed by atoms with Gasteiger partial charge in [0.1, 0.15) is 11.3 Å². The van der Waals surface area contributed by atoms with Gasteiger partial charge in [0.25, 0.3) is 5.91 Å². The highest BCUT2D eigenvalue weighted by atomic mass is 16.6. The fourth-order valence-electron chi connectivity index (χ4n) is 3.78. The molecule has 0 aliphatic carbocycles. The van der Waals surface area contributed by atoms with E-state index in [4.69, 9.17) is 9.47 Å². The summed E-state index contributed by atoms with van der Waals surface area (Å²) in [5.41, 5.74) is 2.63. The molecule has 0 unspecified atom stereocenters. The minimum Gasteiger partial charge on any atom is -0.456 e. The van der Waals surface area contributed by atoms with Crippen LogP contribution in [0.4, 0.5) is 0 Å². The van der Waals surface area contributed by atoms with Gasteiger partial charge in [0.2, 0.25) is 0 Å². The topological polar surface area (TPSA) is 85.8 Å². The Hall–Kier alpha value is -3.58. The van der Waals surface area contributed by atoms with Crippen LogP contribution in [0.15, 0.2) is 48.5 Å². The highest BCUT2D eigenvalue weighted by molar-refractivity contribution is 6.03. The van der Waals surface area contributed by atoms with Gasteiger partial charge < -0.3 is 14.4 Å². The molecule has 0 atom stereocenters. The van der Waals surface area contributed by atoms with E-state index in [1.165, 1.54) is 0 Å². The number of hydrogen-bond donors (Lipinski definition) is 0. The minimum absolute atomic E-state index is 0.0758. The van der Waals surface area contributed by atoms with Crippen LogP contribution in [0.2, 0.25) is 0 Å². The molecule has 1 saturated heterocycles. The molecule has 1 amide bonds. The molecule has 0 N–H and O–H groups in total. The fraction of sp³-hybridized carbons (Fsp3) is 0.308. The number of pyridine rings is 1. The highest BCUT2D eigenvalue weighted by Gasteiger charge is 2.21. The van der Waals surface area contributed by atoms with Crippen molar-refractivity contribution < 1.29 is 23.9 Å². The molecule has 2 aromatic carbocycles. The number of ether oxygens (including phenoxy) is 2. The first kappa shape index (κ1) is 22.6. The zero-order chi connectivity index (χ0) is 23.6. The number of carbonyl (C=O) groups is 3. The van der Waals surface area contributed by atoms with Crippen LogP contribution in [-0.2, 0) is 9.47 Å². The number of esters is 1. The van der Waals surface area contributed by atoms with Crippen molar-refractivity contribution in [2.75, 3.05) is 26.3 Å². The zero-order valence-corrected chi connectivity index (χ0v) is 19.0. The Morgan fingerprint density at radius 2 is 1.79 bits per heavy atom. The molecule has 7 nitrogen and oxygen atoms in total. The van der Waals surface area contributed by atoms with Crippen LogP contribution in [0.3, 0.4) is 0 Å². The summed E-state index contributed by atoms with van der Waals surface area (Å²) < 4.78 is 10.8. The number of amides is 1. The number of rotatable bonds is 4. The molecular weight excluding hydrogens is 420 g/mol. The second kappa shape index (κ2) is 9.11. The Morgan fingerprint density at radius 1 is 1.03 bits per heavy atom. The standard InChI is InChI=1S/C26H26N2O5/c1-26(2,3)33-25(31)19-6-4-5-17(13-19)21-15-20(16-29)27-23-8-7-18(14-22(21)23)24(30)28-9-11-32-12-10-28/h4-8,13-16H,9-12H2,1-3H3. The summed E-state index contributed by atoms with van der Waals surface area (Å²) in [5.74, 6) is -0.505. The Bertz CT molecular complexity index is 1220. The van der Waals surface area contributed by atoms with E-state index in [1.54, 1.807) is 47.4 Å². The molecule has 1 fully saturated rings. The molecule has 0 radical (unpaired) electrons. The molecule has 170 valence electrons. The third kappa shape index (κ3) is 5.09. The molecule has 33 heavy (non-hydrogen) atoms. The van der Waals surface area contributed by atoms with Crippen LogP contribution < -0.4 is 0 Å². The van der Waals surface area contributed by atoms with Crippen LogP contribution in [0, 0.1) is 0 Å². The summed E-state index contributed by atoms with van der Waals surface area (Å²) in [6.07, 6.45) is 0.688. The van der Waals surface area contributed by atoms with Gasteiger partial charge in [-0.15, -0.1) is 0 Å². The van der Waals surface area contributed by atoms with Gasteiger partial charge in [-0.2, -0.15) is 0 Å². The molecule has 1 aromatic heterocycles. The van der Waals surface area contributed by atoms with E-state index in [-0.39, 0.29) is 11.6 Å². The second-order valence-corrected chi connectivity index (χ2v) is 8.93. The lowest BCUT2D eigenvalue weighted by molar-refractivity contribution is 0.00693. The summed E-state index contributed by atoms with van der Waals surface area (Å²) in [6.45, 7) is 7.57. The lowest BCUT2D eigenvalue weighted by Gasteiger charge is -2.27. The van der Waals surface area contributed by atoms with Crippen LogP contribution in [-0.4, -0.2) is 60.0 Å². The average molecular weight is 447 g/mol. The maximum atomic E-state index is 13.0. The number of carbonyl (C=O) groups excluding carboxylic acids is 3. The molecule has 3 aromatic rings. The van der Waals surface area contributed by atoms with Crippen LogP contribution >= 0.6 is 0 Å². The van der Waals surface area contributed by atoms with E-state index in [1.807, 2.05) is 26.8 Å². The van der Waals surface area contributed by atoms with Gasteiger partial charge in [-0.3, -0.25) is 9.59 Å². The number of benzene rings is 2. The summed E-state index contributed by atoms with van der Waals surface area (Å²) >= 11 is 0. The van der Waals surface area contributed by atoms with Gasteiger partial charge >= 0.3 is 5.97 Å². The van der Waals surface area contributed by atoms with Crippen molar-refractivity contribution in [3.8, 4) is 11.1 Å². The molecular formula is C26H26N2O5. The lowest BCUT2D eigenvalue weighted by atomic mass is 9.97. The van der Waals surface area contributed by atoms with E-state index in [2.05, 4.69) is 4.98 Å². The zero-order valence-electron chi connectivity index (χ0n) is 19.0. The minimum atomic E-state index is -0.615. The maximum absolute atomic E-state index is 13.0. The molecule has 4 rings (SSSR count). The van der Waals surface area contributed by atoms with Crippen LogP contribution in [0.25, 0.3) is 22.0 Å². The number of fused-ring (bicyclic) bond motifs is 1. The number of morpholine rings is 1. The molecule has 1 aliphatic rings. The smallest absolute Gasteiger partial charge is 0.338 e. The van der Waals surface area contributed by atoms with Crippen molar-refractivity contribution in [3.05, 3.63) is 65.4 Å². The number of aldehydes is 1. The molecule has 0 bridgehead atoms. The van der Waals surface area contributed by atoms with Crippen molar-refractivity contribution in [1.29, 1.82) is 0 Å². The van der Waals surface area contributed by atoms with E-state index in [9.17, 15) is 14.4 Å². The largest absolute Gasteiger partial charge is 0.456 e. The Labute approximate surface area is 192 Å². The molecule has 7 heteroatoms. The molecule has 1 aliphatic heterocycles. The van der Waals surface area contributed by atoms with Crippen LogP contribution in [0.1, 0.15) is 52.0 Å². The lowest BCUT2D eigenvalue weighted by Crippen LogP contribution is -2.40. The van der Waals surface area contributed by atoms with Gasteiger partial charge in [0, 0.05) is 24.0 Å². The van der Waals surface area contributed by atoms with Crippen molar-refractivity contribution >= 4 is 29.1 Å². The summed E-state index contributed by atoms with van der Waals surface area (Å²) in [6, 6.07) is 14.0. The van der Waals surface area contributed by atoms with Gasteiger partial charge in [-0.1, -0.05) is 12.1 Å². The predicted octanol–water partition coefficient (Wildman–Crippen LogP) is 4.14. The number of aromatic nitrogens is 1. The van der Waals surface area contributed by atoms with Crippen LogP contribution in [0.5, 0.6) is 0 Å². The fourth-order valence-corrected chi connectivity index (χ4v) is 3.78. The Morgan fingerprint density at radius 3 is 2.48 bits per heavy atom. The van der Waals surface area contributed by atoms with E-state index in [0.29, 0.717) is 54.8 Å². The van der Waals surface area contributed by atoms with E-state index < -0.39 is 11.6 Å². The summed E-state index contributed by atoms with van der Waals surface area (Å²) in [4.78, 5) is 43.3. The molecule has 0 spiro atoms. The normalized spacial score (nSPS) is 14.2. The average Bonchev–Trinajstić information content (AvgIpc) is 2.82. The first-order valence-electron chi connectivity index (χ1n) is 10.9. The Balaban J connectivity index is 1.79. The summed E-state index contributed by atoms with van der Waals surface area (Å²) in [7, 11) is 0. The monoisotopic (exact) mass is 446 g/mol. The third-order valence-corrected chi connectivity index (χ3v) is 5.30. The number of nitrogens with zero attached hydrogens (tertiary/aromatic N) is 2. The van der Waals surface area contributed by atoms with Crippen molar-refractivity contribution in [1.82, 2.24) is 9.88 Å². The molecule has 0 saturated carbocycles. The van der Waals surface area contributed by atoms with Crippen molar-refractivity contribution in [2.24, 2.45) is 0 Å².